The van der Waals surface area contributed by atoms with Crippen molar-refractivity contribution in [1.82, 2.24) is 9.88 Å². The number of hydrogen-bond donors (Lipinski definition) is 3. The minimum Gasteiger partial charge on any atom is -0.489 e. The van der Waals surface area contributed by atoms with Gasteiger partial charge in [-0.05, 0) is 73.9 Å². The Hall–Kier alpha value is -4.77. The third kappa shape index (κ3) is 8.28. The summed E-state index contributed by atoms with van der Waals surface area (Å²) < 4.78 is 94.2. The number of aliphatic carboxylic acids is 1. The van der Waals surface area contributed by atoms with Crippen molar-refractivity contribution in [3.63, 3.8) is 0 Å². The molecular weight excluding hydrogens is 656 g/mol. The molecule has 0 aliphatic heterocycles. The van der Waals surface area contributed by atoms with Crippen LogP contribution in [-0.2, 0) is 15.8 Å². The normalized spacial score (nSPS) is 15.0. The van der Waals surface area contributed by atoms with Crippen molar-refractivity contribution in [3.8, 4) is 29.2 Å². The number of aromatic nitrogens is 1. The number of alkyl halides is 3. The van der Waals surface area contributed by atoms with Crippen LogP contribution >= 0.6 is 0 Å². The number of nitrogens with zero attached hydrogens (tertiary/aromatic N) is 1. The first-order valence-corrected chi connectivity index (χ1v) is 15.3. The Morgan fingerprint density at radius 3 is 2.22 bits per heavy atom. The number of nitrogens with two attached hydrogens (primary N) is 1. The molecule has 0 spiro atoms. The number of carbonyl (C=O) groups is 2. The van der Waals surface area contributed by atoms with Crippen molar-refractivity contribution >= 4 is 11.9 Å². The predicted octanol–water partition coefficient (Wildman–Crippen LogP) is 6.34. The molecular formula is C35H35F6N3O5. The maximum atomic E-state index is 16.4. The highest BCUT2D eigenvalue weighted by Crippen LogP contribution is 2.40. The summed E-state index contributed by atoms with van der Waals surface area (Å²) in [5.74, 6) is -4.98. The molecule has 1 aliphatic rings. The number of aryl methyl sites for hydroxylation is 2. The third-order valence-electron chi connectivity index (χ3n) is 8.29. The Bertz CT molecular complexity index is 1870. The zero-order chi connectivity index (χ0) is 36.6. The van der Waals surface area contributed by atoms with Gasteiger partial charge in [0.15, 0.2) is 0 Å². The summed E-state index contributed by atoms with van der Waals surface area (Å²) in [6, 6.07) is 0.0237. The first-order valence-electron chi connectivity index (χ1n) is 15.3. The van der Waals surface area contributed by atoms with Crippen LogP contribution in [0.5, 0.6) is 5.75 Å². The molecule has 1 saturated carbocycles. The largest absolute Gasteiger partial charge is 0.489 e. The van der Waals surface area contributed by atoms with Gasteiger partial charge in [0.25, 0.3) is 5.56 Å². The van der Waals surface area contributed by atoms with Crippen LogP contribution in [0.3, 0.4) is 0 Å². The lowest BCUT2D eigenvalue weighted by Crippen LogP contribution is -2.41. The van der Waals surface area contributed by atoms with Gasteiger partial charge in [-0.2, -0.15) is 13.2 Å². The number of nitrogens with one attached hydrogen (secondary N) is 1. The lowest BCUT2D eigenvalue weighted by Gasteiger charge is -2.27. The molecule has 4 rings (SSSR count). The number of rotatable bonds is 12. The van der Waals surface area contributed by atoms with E-state index >= 15 is 8.78 Å². The quantitative estimate of drug-likeness (QED) is 0.151. The van der Waals surface area contributed by atoms with Gasteiger partial charge in [-0.3, -0.25) is 19.0 Å². The first-order chi connectivity index (χ1) is 22.8. The summed E-state index contributed by atoms with van der Waals surface area (Å²) in [5.41, 5.74) is 1.53. The van der Waals surface area contributed by atoms with E-state index in [1.807, 2.05) is 0 Å². The highest BCUT2D eigenvalue weighted by molar-refractivity contribution is 5.82. The van der Waals surface area contributed by atoms with Crippen LogP contribution in [0.4, 0.5) is 26.3 Å². The van der Waals surface area contributed by atoms with Gasteiger partial charge in [0.05, 0.1) is 29.8 Å². The fraction of sp³-hybridized carbons (Fsp3) is 0.400. The van der Waals surface area contributed by atoms with Gasteiger partial charge in [-0.25, -0.2) is 13.2 Å². The van der Waals surface area contributed by atoms with E-state index in [9.17, 15) is 37.1 Å². The third-order valence-corrected chi connectivity index (χ3v) is 8.29. The average Bonchev–Trinajstić information content (AvgIpc) is 3.72. The number of benzene rings is 2. The van der Waals surface area contributed by atoms with Crippen LogP contribution < -0.4 is 21.3 Å². The van der Waals surface area contributed by atoms with E-state index in [-0.39, 0.29) is 47.3 Å². The summed E-state index contributed by atoms with van der Waals surface area (Å²) in [5, 5.41) is 12.0. The zero-order valence-electron chi connectivity index (χ0n) is 27.1. The molecule has 1 aliphatic carbocycles. The van der Waals surface area contributed by atoms with Crippen LogP contribution in [-0.4, -0.2) is 33.7 Å². The molecule has 2 atom stereocenters. The smallest absolute Gasteiger partial charge is 0.420 e. The van der Waals surface area contributed by atoms with E-state index in [2.05, 4.69) is 11.2 Å². The topological polar surface area (TPSA) is 124 Å². The second-order valence-electron chi connectivity index (χ2n) is 12.8. The molecule has 1 fully saturated rings. The van der Waals surface area contributed by atoms with Crippen molar-refractivity contribution in [2.24, 2.45) is 11.7 Å². The van der Waals surface area contributed by atoms with Gasteiger partial charge in [0.2, 0.25) is 5.91 Å². The fourth-order valence-electron chi connectivity index (χ4n) is 5.68. The minimum atomic E-state index is -5.00. The summed E-state index contributed by atoms with van der Waals surface area (Å²) in [6.07, 6.45) is 1.04. The number of pyridine rings is 1. The molecule has 262 valence electrons. The molecule has 49 heavy (non-hydrogen) atoms. The Kier molecular flexibility index (Phi) is 10.6. The number of carbonyl (C=O) groups excluding carboxylic acids is 1. The lowest BCUT2D eigenvalue weighted by molar-refractivity contribution is -0.139. The van der Waals surface area contributed by atoms with E-state index in [0.717, 1.165) is 24.4 Å². The fourth-order valence-corrected chi connectivity index (χ4v) is 5.68. The molecule has 8 nitrogen and oxygen atoms in total. The van der Waals surface area contributed by atoms with E-state index < -0.39 is 87.5 Å². The molecule has 4 N–H and O–H groups in total. The molecule has 0 unspecified atom stereocenters. The number of amides is 1. The molecule has 3 aromatic rings. The highest BCUT2D eigenvalue weighted by atomic mass is 19.4. The van der Waals surface area contributed by atoms with Gasteiger partial charge in [-0.15, -0.1) is 6.42 Å². The maximum Gasteiger partial charge on any atom is 0.420 e. The van der Waals surface area contributed by atoms with Gasteiger partial charge >= 0.3 is 12.1 Å². The summed E-state index contributed by atoms with van der Waals surface area (Å²) >= 11 is 0. The Morgan fingerprint density at radius 1 is 1.10 bits per heavy atom. The van der Waals surface area contributed by atoms with Crippen LogP contribution in [0.15, 0.2) is 35.3 Å². The van der Waals surface area contributed by atoms with Crippen molar-refractivity contribution in [2.45, 2.75) is 77.2 Å². The monoisotopic (exact) mass is 691 g/mol. The molecule has 2 aromatic carbocycles. The lowest BCUT2D eigenvalue weighted by atomic mass is 9.89. The number of ether oxygens (including phenoxy) is 1. The molecule has 0 saturated heterocycles. The summed E-state index contributed by atoms with van der Waals surface area (Å²) in [4.78, 5) is 39.0. The number of hydrogen-bond acceptors (Lipinski definition) is 5. The summed E-state index contributed by atoms with van der Waals surface area (Å²) in [6.45, 7) is 5.97. The molecule has 0 radical (unpaired) electrons. The number of carboxylic acids is 1. The van der Waals surface area contributed by atoms with E-state index in [1.165, 1.54) is 13.8 Å². The van der Waals surface area contributed by atoms with Crippen LogP contribution in [0.1, 0.15) is 79.4 Å². The van der Waals surface area contributed by atoms with Crippen molar-refractivity contribution < 1.29 is 45.8 Å². The van der Waals surface area contributed by atoms with E-state index in [1.54, 1.807) is 13.8 Å². The van der Waals surface area contributed by atoms with E-state index in [0.29, 0.717) is 17.4 Å². The Balaban J connectivity index is 1.85. The van der Waals surface area contributed by atoms with E-state index in [4.69, 9.17) is 16.9 Å². The van der Waals surface area contributed by atoms with Crippen LogP contribution in [0.25, 0.3) is 11.1 Å². The predicted molar refractivity (Wildman–Crippen MR) is 168 cm³/mol. The van der Waals surface area contributed by atoms with Crippen LogP contribution in [0, 0.1) is 49.6 Å². The molecule has 1 heterocycles. The Morgan fingerprint density at radius 2 is 1.71 bits per heavy atom. The van der Waals surface area contributed by atoms with Gasteiger partial charge in [0, 0.05) is 17.2 Å². The maximum absolute atomic E-state index is 16.4. The standard InChI is InChI=1S/C35H35F6N3O5/c1-6-20-12-22(29-18(4)10-21(36)11-19(29)5)32(38)30(31(20)37)24(14-28(46)47)43-33(48)25(9-17(2)3)44-15-26(49-16-34(42)7-8-34)23(13-27(44)45)35(39,40)41/h1,10-13,15,17,24-25H,7-9,14,16,42H2,2-5H3,(H,43,48)(H,46,47)/t24-,25+/m1/s1. The zero-order valence-corrected chi connectivity index (χ0v) is 27.1. The van der Waals surface area contributed by atoms with Gasteiger partial charge in [-0.1, -0.05) is 19.8 Å². The second kappa shape index (κ2) is 14.0. The average molecular weight is 692 g/mol. The molecule has 0 bridgehead atoms. The van der Waals surface area contributed by atoms with Gasteiger partial charge < -0.3 is 20.9 Å². The summed E-state index contributed by atoms with van der Waals surface area (Å²) in [7, 11) is 0. The number of terminal acetylenes is 1. The first kappa shape index (κ1) is 37.1. The number of halogens is 6. The molecule has 1 aromatic heterocycles. The van der Waals surface area contributed by atoms with Crippen LogP contribution in [0.2, 0.25) is 0 Å². The minimum absolute atomic E-state index is 0.157. The molecule has 1 amide bonds. The van der Waals surface area contributed by atoms with Crippen molar-refractivity contribution in [3.05, 3.63) is 86.1 Å². The van der Waals surface area contributed by atoms with Crippen molar-refractivity contribution in [2.75, 3.05) is 6.61 Å². The Labute approximate surface area is 278 Å². The SMILES string of the molecule is C#Cc1cc(-c2c(C)cc(F)cc2C)c(F)c([C@@H](CC(=O)O)NC(=O)[C@H](CC(C)C)n2cc(OCC3(N)CC3)c(C(F)(F)F)cc2=O)c1F. The van der Waals surface area contributed by atoms with Gasteiger partial charge in [0.1, 0.15) is 41.4 Å². The highest BCUT2D eigenvalue weighted by Gasteiger charge is 2.42. The number of carboxylic acid groups (broad SMARTS) is 1. The van der Waals surface area contributed by atoms with Crippen molar-refractivity contribution in [1.29, 1.82) is 0 Å². The second-order valence-corrected chi connectivity index (χ2v) is 12.8. The molecule has 14 heteroatoms.